The molecule has 0 saturated heterocycles. The molecule has 1 atom stereocenters. The number of hydrogen-bond donors (Lipinski definition) is 3. The molecule has 0 amide bonds. The summed E-state index contributed by atoms with van der Waals surface area (Å²) in [5, 5.41) is 35.5. The van der Waals surface area contributed by atoms with Crippen LogP contribution in [0.1, 0.15) is 12.8 Å². The van der Waals surface area contributed by atoms with Crippen LogP contribution in [0.25, 0.3) is 0 Å². The van der Waals surface area contributed by atoms with Gasteiger partial charge < -0.3 is 34.3 Å². The first-order valence-electron chi connectivity index (χ1n) is 3.82. The third-order valence-electron chi connectivity index (χ3n) is 1.28. The van der Waals surface area contributed by atoms with Crippen LogP contribution in [0, 0.1) is 0 Å². The van der Waals surface area contributed by atoms with Gasteiger partial charge in [-0.25, -0.2) is 4.79 Å². The average Bonchev–Trinajstić information content (AvgIpc) is 1.95. The topological polar surface area (TPSA) is 215 Å². The molecule has 3 N–H and O–H groups in total. The van der Waals surface area contributed by atoms with Gasteiger partial charge in [0.2, 0.25) is 0 Å². The molecule has 0 saturated carbocycles. The predicted molar refractivity (Wildman–Crippen MR) is 44.9 cm³/mol. The Morgan fingerprint density at radius 2 is 1.23 bits per heavy atom. The van der Waals surface area contributed by atoms with Crippen LogP contribution < -0.4 is 93.8 Å². The molecule has 16 heteroatoms. The van der Waals surface area contributed by atoms with Crippen molar-refractivity contribution in [3.8, 4) is 0 Å². The molecule has 0 aliphatic rings. The second-order valence-electron chi connectivity index (χ2n) is 2.86. The van der Waals surface area contributed by atoms with E-state index in [2.05, 4.69) is 0 Å². The van der Waals surface area contributed by atoms with Gasteiger partial charge in [0.05, 0.1) is 6.42 Å². The van der Waals surface area contributed by atoms with E-state index in [-0.39, 0.29) is 108 Å². The van der Waals surface area contributed by atoms with E-state index in [1.54, 1.807) is 0 Å². The maximum atomic E-state index is 10.3. The zero-order valence-corrected chi connectivity index (χ0v) is 21.9. The van der Waals surface area contributed by atoms with E-state index < -0.39 is 46.7 Å². The number of hydrogen-bond acceptors (Lipinski definition) is 9. The van der Waals surface area contributed by atoms with E-state index in [1.807, 2.05) is 0 Å². The van der Waals surface area contributed by atoms with E-state index in [1.165, 1.54) is 0 Å². The van der Waals surface area contributed by atoms with Crippen LogP contribution >= 0.6 is 0 Å². The van der Waals surface area contributed by atoms with Gasteiger partial charge in [-0.2, -0.15) is 0 Å². The van der Waals surface area contributed by atoms with Gasteiger partial charge in [0, 0.05) is 42.3 Å². The van der Waals surface area contributed by atoms with E-state index in [0.717, 1.165) is 0 Å². The number of aliphatic carboxylic acids is 3. The third kappa shape index (κ3) is 29.8. The SMILES string of the molecule is O=C([O-])CC(O)(CC(=O)O)C(=O)O.O=S(=O)([O-])[O-].[Na+].[Na+].[Na+].[Zn]. The van der Waals surface area contributed by atoms with Gasteiger partial charge in [-0.1, -0.05) is 0 Å². The Labute approximate surface area is 204 Å². The maximum Gasteiger partial charge on any atom is 1.00 e. The van der Waals surface area contributed by atoms with Crippen molar-refractivity contribution in [1.29, 1.82) is 0 Å². The molecule has 0 heterocycles. The van der Waals surface area contributed by atoms with Gasteiger partial charge in [0.25, 0.3) is 0 Å². The standard InChI is InChI=1S/C6H8O7.3Na.H2O4S.Zn/c7-3(8)1-6(13,5(11)12)2-4(9)10;;;;1-5(2,3)4;/h13H,1-2H2,(H,7,8)(H,9,10)(H,11,12);;;;(H2,1,2,3,4);/q;3*+1;;/p-3. The van der Waals surface area contributed by atoms with Crippen LogP contribution in [0.5, 0.6) is 0 Å². The van der Waals surface area contributed by atoms with Crippen molar-refractivity contribution >= 4 is 28.3 Å². The molecule has 0 fully saturated rings. The molecular formula is C6H7Na3O11SZn. The van der Waals surface area contributed by atoms with Crippen molar-refractivity contribution in [2.24, 2.45) is 0 Å². The number of carboxylic acids is 3. The molecule has 0 spiro atoms. The second kappa shape index (κ2) is 17.7. The van der Waals surface area contributed by atoms with Crippen molar-refractivity contribution in [2.75, 3.05) is 0 Å². The molecule has 0 radical (unpaired) electrons. The van der Waals surface area contributed by atoms with Crippen molar-refractivity contribution in [2.45, 2.75) is 18.4 Å². The minimum atomic E-state index is -5.17. The largest absolute Gasteiger partial charge is 1.00 e. The average molecular weight is 422 g/mol. The van der Waals surface area contributed by atoms with Crippen molar-refractivity contribution in [3.63, 3.8) is 0 Å². The summed E-state index contributed by atoms with van der Waals surface area (Å²) in [5.41, 5.74) is -2.80. The van der Waals surface area contributed by atoms with Crippen LogP contribution in [0.3, 0.4) is 0 Å². The molecule has 0 rings (SSSR count). The molecule has 0 bridgehead atoms. The van der Waals surface area contributed by atoms with Gasteiger partial charge in [0.15, 0.2) is 5.60 Å². The first-order chi connectivity index (χ1) is 7.78. The summed E-state index contributed by atoms with van der Waals surface area (Å²) in [7, 11) is -5.17. The van der Waals surface area contributed by atoms with Gasteiger partial charge in [-0.05, 0) is 0 Å². The van der Waals surface area contributed by atoms with E-state index in [0.29, 0.717) is 0 Å². The first-order valence-corrected chi connectivity index (χ1v) is 5.15. The molecule has 0 aromatic carbocycles. The fourth-order valence-corrected chi connectivity index (χ4v) is 0.703. The van der Waals surface area contributed by atoms with Crippen LogP contribution in [-0.2, 0) is 44.3 Å². The Balaban J connectivity index is -0.0000000627. The molecule has 108 valence electrons. The molecule has 0 aromatic rings. The summed E-state index contributed by atoms with van der Waals surface area (Å²) in [6, 6.07) is 0. The van der Waals surface area contributed by atoms with Gasteiger partial charge in [0.1, 0.15) is 0 Å². The molecule has 0 aromatic heterocycles. The van der Waals surface area contributed by atoms with Gasteiger partial charge in [-0.15, -0.1) is 0 Å². The molecule has 1 unspecified atom stereocenters. The minimum absolute atomic E-state index is 0. The Hall–Kier alpha value is 1.86. The van der Waals surface area contributed by atoms with Crippen LogP contribution in [0.15, 0.2) is 0 Å². The molecule has 0 aliphatic carbocycles. The predicted octanol–water partition coefficient (Wildman–Crippen LogP) is -12.9. The minimum Gasteiger partial charge on any atom is -0.759 e. The smallest absolute Gasteiger partial charge is 0.759 e. The van der Waals surface area contributed by atoms with Crippen LogP contribution in [0.2, 0.25) is 0 Å². The Morgan fingerprint density at radius 1 is 0.955 bits per heavy atom. The van der Waals surface area contributed by atoms with Crippen molar-refractivity contribution in [1.82, 2.24) is 0 Å². The summed E-state index contributed by atoms with van der Waals surface area (Å²) >= 11 is 0. The van der Waals surface area contributed by atoms with Crippen LogP contribution in [0.4, 0.5) is 0 Å². The maximum absolute atomic E-state index is 10.3. The van der Waals surface area contributed by atoms with Gasteiger partial charge in [-0.3, -0.25) is 13.2 Å². The molecular weight excluding hydrogens is 414 g/mol. The van der Waals surface area contributed by atoms with E-state index in [4.69, 9.17) is 32.8 Å². The third-order valence-corrected chi connectivity index (χ3v) is 1.28. The summed E-state index contributed by atoms with van der Waals surface area (Å²) in [6.45, 7) is 0. The number of carbonyl (C=O) groups is 3. The summed E-state index contributed by atoms with van der Waals surface area (Å²) in [6.07, 6.45) is -2.44. The first kappa shape index (κ1) is 39.1. The fraction of sp³-hybridized carbons (Fsp3) is 0.500. The molecule has 0 aliphatic heterocycles. The monoisotopic (exact) mass is 420 g/mol. The van der Waals surface area contributed by atoms with Crippen molar-refractivity contribution < 1.29 is 160 Å². The number of aliphatic hydroxyl groups is 1. The molecule has 22 heavy (non-hydrogen) atoms. The number of carboxylic acid groups (broad SMARTS) is 3. The number of rotatable bonds is 5. The Bertz CT molecular complexity index is 415. The quantitative estimate of drug-likeness (QED) is 0.215. The normalized spacial score (nSPS) is 11.2. The summed E-state index contributed by atoms with van der Waals surface area (Å²) in [4.78, 5) is 30.3. The Morgan fingerprint density at radius 3 is 1.36 bits per heavy atom. The van der Waals surface area contributed by atoms with Crippen molar-refractivity contribution in [3.05, 3.63) is 0 Å². The fourth-order valence-electron chi connectivity index (χ4n) is 0.703. The van der Waals surface area contributed by atoms with Gasteiger partial charge >= 0.3 is 101 Å². The summed E-state index contributed by atoms with van der Waals surface area (Å²) < 4.78 is 34.1. The van der Waals surface area contributed by atoms with E-state index >= 15 is 0 Å². The Kier molecular flexibility index (Phi) is 31.4. The zero-order chi connectivity index (χ0) is 15.1. The second-order valence-corrected chi connectivity index (χ2v) is 3.68. The van der Waals surface area contributed by atoms with E-state index in [9.17, 15) is 19.5 Å². The van der Waals surface area contributed by atoms with Crippen LogP contribution in [-0.4, -0.2) is 56.4 Å². The summed E-state index contributed by atoms with van der Waals surface area (Å²) in [5.74, 6) is -5.34. The number of carbonyl (C=O) groups excluding carboxylic acids is 1. The zero-order valence-electron chi connectivity index (χ0n) is 12.1. The molecule has 11 nitrogen and oxygen atoms in total.